The van der Waals surface area contributed by atoms with Crippen molar-refractivity contribution in [1.29, 1.82) is 0 Å². The summed E-state index contributed by atoms with van der Waals surface area (Å²) in [6.45, 7) is 2.65. The topological polar surface area (TPSA) is 61.5 Å². The third kappa shape index (κ3) is 8.25. The molecule has 1 aromatic heterocycles. The lowest BCUT2D eigenvalue weighted by Crippen LogP contribution is -2.36. The summed E-state index contributed by atoms with van der Waals surface area (Å²) < 4.78 is 0. The Labute approximate surface area is 146 Å². The fraction of sp³-hybridized carbons (Fsp3) is 0.444. The van der Waals surface area contributed by atoms with Gasteiger partial charge in [-0.2, -0.15) is 11.3 Å². The second-order valence-electron chi connectivity index (χ2n) is 5.91. The highest BCUT2D eigenvalue weighted by Crippen LogP contribution is 2.08. The van der Waals surface area contributed by atoms with Gasteiger partial charge in [0.15, 0.2) is 0 Å². The summed E-state index contributed by atoms with van der Waals surface area (Å²) in [6.07, 6.45) is 1.92. The molecule has 0 amide bonds. The highest BCUT2D eigenvalue weighted by molar-refractivity contribution is 7.07. The average Bonchev–Trinajstić information content (AvgIpc) is 3.06. The Bertz CT molecular complexity index is 512. The Morgan fingerprint density at radius 3 is 2.35 bits per heavy atom. The third-order valence-electron chi connectivity index (χ3n) is 3.66. The van der Waals surface area contributed by atoms with Crippen molar-refractivity contribution in [3.8, 4) is 0 Å². The van der Waals surface area contributed by atoms with Gasteiger partial charge in [0.2, 0.25) is 0 Å². The zero-order chi connectivity index (χ0) is 17.1. The van der Waals surface area contributed by atoms with Crippen LogP contribution in [0.2, 0.25) is 0 Å². The fourth-order valence-corrected chi connectivity index (χ4v) is 2.85. The molecule has 5 heteroatoms. The third-order valence-corrected chi connectivity index (χ3v) is 4.39. The van der Waals surface area contributed by atoms with E-state index in [1.807, 2.05) is 18.4 Å². The van der Waals surface area contributed by atoms with Crippen LogP contribution >= 0.6 is 11.3 Å². The number of benzene rings is 1. The highest BCUT2D eigenvalue weighted by Gasteiger charge is 2.08. The number of nitrogens with zero attached hydrogens (tertiary/aromatic N) is 1. The summed E-state index contributed by atoms with van der Waals surface area (Å²) in [6, 6.07) is 13.1. The molecule has 0 fully saturated rings. The molecule has 2 atom stereocenters. The maximum Gasteiger partial charge on any atom is 0.0332 e. The van der Waals surface area contributed by atoms with Gasteiger partial charge in [-0.3, -0.25) is 0 Å². The molecule has 0 aliphatic rings. The van der Waals surface area contributed by atoms with E-state index in [2.05, 4.69) is 60.2 Å². The van der Waals surface area contributed by atoms with E-state index in [1.165, 1.54) is 11.1 Å². The monoisotopic (exact) mass is 339 g/mol. The lowest BCUT2D eigenvalue weighted by molar-refractivity contribution is 0.133. The van der Waals surface area contributed by atoms with Crippen molar-refractivity contribution >= 4 is 11.3 Å². The SMILES string of the molecule is CN(C)[C@H](CN)Cc1ccccc1.C[C@@H](Cc1ccsc1)NO.[HH].[HH]. The van der Waals surface area contributed by atoms with E-state index < -0.39 is 0 Å². The second-order valence-corrected chi connectivity index (χ2v) is 6.69. The average molecular weight is 340 g/mol. The number of hydrogen-bond donors (Lipinski definition) is 3. The molecule has 0 spiro atoms. The van der Waals surface area contributed by atoms with E-state index in [9.17, 15) is 0 Å². The van der Waals surface area contributed by atoms with Crippen LogP contribution < -0.4 is 11.2 Å². The van der Waals surface area contributed by atoms with Crippen molar-refractivity contribution in [1.82, 2.24) is 10.4 Å². The molecule has 0 aliphatic heterocycles. The lowest BCUT2D eigenvalue weighted by Gasteiger charge is -2.22. The van der Waals surface area contributed by atoms with Crippen molar-refractivity contribution in [3.63, 3.8) is 0 Å². The number of hydroxylamine groups is 1. The van der Waals surface area contributed by atoms with Crippen LogP contribution in [0.25, 0.3) is 0 Å². The van der Waals surface area contributed by atoms with Crippen LogP contribution in [-0.4, -0.2) is 42.8 Å². The van der Waals surface area contributed by atoms with Gasteiger partial charge in [-0.15, -0.1) is 0 Å². The zero-order valence-corrected chi connectivity index (χ0v) is 15.1. The van der Waals surface area contributed by atoms with Gasteiger partial charge in [-0.1, -0.05) is 30.3 Å². The molecule has 0 saturated heterocycles. The molecular formula is C18H33N3OS. The molecule has 0 bridgehead atoms. The second kappa shape index (κ2) is 11.3. The van der Waals surface area contributed by atoms with E-state index in [0.29, 0.717) is 12.6 Å². The zero-order valence-electron chi connectivity index (χ0n) is 14.3. The van der Waals surface area contributed by atoms with Crippen LogP contribution in [0, 0.1) is 0 Å². The largest absolute Gasteiger partial charge is 0.329 e. The number of hydrogen-bond acceptors (Lipinski definition) is 5. The Morgan fingerprint density at radius 2 is 1.87 bits per heavy atom. The van der Waals surface area contributed by atoms with E-state index in [4.69, 9.17) is 10.9 Å². The first-order valence-electron chi connectivity index (χ1n) is 7.88. The van der Waals surface area contributed by atoms with E-state index in [1.54, 1.807) is 11.3 Å². The number of nitrogens with one attached hydrogen (secondary N) is 1. The number of likely N-dealkylation sites (N-methyl/N-ethyl adjacent to an activating group) is 1. The summed E-state index contributed by atoms with van der Waals surface area (Å²) in [4.78, 5) is 2.17. The highest BCUT2D eigenvalue weighted by atomic mass is 32.1. The minimum atomic E-state index is 0. The quantitative estimate of drug-likeness (QED) is 0.678. The first kappa shape index (κ1) is 19.8. The van der Waals surface area contributed by atoms with Gasteiger partial charge in [0.1, 0.15) is 0 Å². The first-order chi connectivity index (χ1) is 11.1. The maximum atomic E-state index is 8.49. The molecule has 0 saturated carbocycles. The van der Waals surface area contributed by atoms with Crippen LogP contribution in [0.3, 0.4) is 0 Å². The Kier molecular flexibility index (Phi) is 9.75. The molecule has 1 heterocycles. The van der Waals surface area contributed by atoms with Crippen molar-refractivity contribution in [2.24, 2.45) is 5.73 Å². The first-order valence-corrected chi connectivity index (χ1v) is 8.82. The number of nitrogens with two attached hydrogens (primary N) is 1. The van der Waals surface area contributed by atoms with Crippen LogP contribution in [-0.2, 0) is 12.8 Å². The molecule has 4 N–H and O–H groups in total. The minimum absolute atomic E-state index is 0. The molecule has 1 aromatic carbocycles. The molecule has 4 nitrogen and oxygen atoms in total. The maximum absolute atomic E-state index is 8.49. The summed E-state index contributed by atoms with van der Waals surface area (Å²) in [5.41, 5.74) is 10.5. The predicted molar refractivity (Wildman–Crippen MR) is 103 cm³/mol. The van der Waals surface area contributed by atoms with Gasteiger partial charge in [0.25, 0.3) is 0 Å². The molecular weight excluding hydrogens is 306 g/mol. The summed E-state index contributed by atoms with van der Waals surface area (Å²) in [5, 5.41) is 12.6. The molecule has 23 heavy (non-hydrogen) atoms. The van der Waals surface area contributed by atoms with Crippen molar-refractivity contribution in [3.05, 3.63) is 58.3 Å². The lowest BCUT2D eigenvalue weighted by atomic mass is 10.1. The molecule has 2 rings (SSSR count). The van der Waals surface area contributed by atoms with E-state index >= 15 is 0 Å². The Hall–Kier alpha value is -1.24. The number of rotatable bonds is 7. The standard InChI is InChI=1S/C11H18N2.C7H11NOS.2H2/c1-13(2)11(9-12)8-10-6-4-3-5-7-10;1-6(8-9)4-7-2-3-10-5-7;;/h3-7,11H,8-9,12H2,1-2H3;2-3,5-6,8-9H,4H2,1H3;2*1H/t11-;6-;;/m00../s1. The van der Waals surface area contributed by atoms with Crippen LogP contribution in [0.1, 0.15) is 20.9 Å². The Balaban J connectivity index is 0. The van der Waals surface area contributed by atoms with Crippen molar-refractivity contribution in [2.45, 2.75) is 31.8 Å². The van der Waals surface area contributed by atoms with Gasteiger partial charge in [0.05, 0.1) is 0 Å². The minimum Gasteiger partial charge on any atom is -0.329 e. The Morgan fingerprint density at radius 1 is 1.17 bits per heavy atom. The van der Waals surface area contributed by atoms with Gasteiger partial charge in [-0.05, 0) is 61.8 Å². The van der Waals surface area contributed by atoms with Crippen molar-refractivity contribution in [2.75, 3.05) is 20.6 Å². The normalized spacial score (nSPS) is 13.3. The van der Waals surface area contributed by atoms with Crippen LogP contribution in [0.5, 0.6) is 0 Å². The van der Waals surface area contributed by atoms with Gasteiger partial charge < -0.3 is 15.8 Å². The molecule has 0 unspecified atom stereocenters. The predicted octanol–water partition coefficient (Wildman–Crippen LogP) is 3.27. The van der Waals surface area contributed by atoms with Gasteiger partial charge in [-0.25, -0.2) is 5.48 Å². The van der Waals surface area contributed by atoms with Crippen molar-refractivity contribution < 1.29 is 8.06 Å². The summed E-state index contributed by atoms with van der Waals surface area (Å²) >= 11 is 1.68. The van der Waals surface area contributed by atoms with E-state index in [0.717, 1.165) is 12.8 Å². The summed E-state index contributed by atoms with van der Waals surface area (Å²) in [7, 11) is 4.14. The fourth-order valence-electron chi connectivity index (χ4n) is 2.17. The molecule has 2 aromatic rings. The van der Waals surface area contributed by atoms with Gasteiger partial charge in [0, 0.05) is 21.5 Å². The van der Waals surface area contributed by atoms with Crippen LogP contribution in [0.15, 0.2) is 47.2 Å². The molecule has 0 radical (unpaired) electrons. The smallest absolute Gasteiger partial charge is 0.0332 e. The van der Waals surface area contributed by atoms with Gasteiger partial charge >= 0.3 is 0 Å². The number of thiophene rings is 1. The molecule has 0 aliphatic carbocycles. The summed E-state index contributed by atoms with van der Waals surface area (Å²) in [5.74, 6) is 0. The van der Waals surface area contributed by atoms with Crippen LogP contribution in [0.4, 0.5) is 0 Å². The molecule has 132 valence electrons. The van der Waals surface area contributed by atoms with E-state index in [-0.39, 0.29) is 8.90 Å².